The molecule has 0 spiro atoms. The van der Waals surface area contributed by atoms with E-state index in [1.165, 1.54) is 0 Å². The molecular weight excluding hydrogens is 284 g/mol. The van der Waals surface area contributed by atoms with Crippen molar-refractivity contribution in [1.29, 1.82) is 0 Å². The van der Waals surface area contributed by atoms with Crippen molar-refractivity contribution in [3.05, 3.63) is 23.2 Å². The summed E-state index contributed by atoms with van der Waals surface area (Å²) in [7, 11) is 0. The van der Waals surface area contributed by atoms with Gasteiger partial charge in [-0.3, -0.25) is 0 Å². The molecule has 1 aromatic carbocycles. The molecule has 0 atom stereocenters. The average molecular weight is 301 g/mol. The molecule has 1 N–H and O–H groups in total. The van der Waals surface area contributed by atoms with Gasteiger partial charge in [0.1, 0.15) is 0 Å². The topological polar surface area (TPSA) is 47.1 Å². The molecule has 0 saturated heterocycles. The van der Waals surface area contributed by atoms with Crippen LogP contribution in [-0.2, 0) is 9.47 Å². The third-order valence-electron chi connectivity index (χ3n) is 2.48. The Balaban J connectivity index is 2.00. The fourth-order valence-corrected chi connectivity index (χ4v) is 2.69. The van der Waals surface area contributed by atoms with Gasteiger partial charge < -0.3 is 14.5 Å². The first kappa shape index (κ1) is 14.7. The summed E-state index contributed by atoms with van der Waals surface area (Å²) < 4.78 is 11.0. The van der Waals surface area contributed by atoms with E-state index < -0.39 is 0 Å². The van der Waals surface area contributed by atoms with Crippen molar-refractivity contribution < 1.29 is 9.47 Å². The fraction of sp³-hybridized carbons (Fsp3) is 0.462. The number of nitrogens with one attached hydrogen (secondary N) is 1. The smallest absolute Gasteiger partial charge is 0.166 e. The number of halogens is 1. The highest BCUT2D eigenvalue weighted by Crippen LogP contribution is 2.23. The second kappa shape index (κ2) is 7.14. The first-order valence-electron chi connectivity index (χ1n) is 6.24. The van der Waals surface area contributed by atoms with Crippen molar-refractivity contribution in [2.75, 3.05) is 19.0 Å². The standard InChI is InChI=1S/C13H17ClN2O2S/c1-3-17-12(18-4-2)8-19-13-15-10-6-5-9(14)7-11(10)16-13/h5-7,12H,3-4,8H2,1-2H3,(H,15,16). The zero-order chi connectivity index (χ0) is 13.7. The van der Waals surface area contributed by atoms with Crippen LogP contribution < -0.4 is 0 Å². The van der Waals surface area contributed by atoms with Crippen LogP contribution in [0.15, 0.2) is 23.4 Å². The zero-order valence-electron chi connectivity index (χ0n) is 11.0. The van der Waals surface area contributed by atoms with Crippen LogP contribution >= 0.6 is 23.4 Å². The molecule has 4 nitrogen and oxygen atoms in total. The van der Waals surface area contributed by atoms with E-state index in [1.54, 1.807) is 11.8 Å². The highest BCUT2D eigenvalue weighted by atomic mass is 35.5. The molecule has 0 aliphatic rings. The largest absolute Gasteiger partial charge is 0.352 e. The van der Waals surface area contributed by atoms with E-state index >= 15 is 0 Å². The predicted molar refractivity (Wildman–Crippen MR) is 78.9 cm³/mol. The third-order valence-corrected chi connectivity index (χ3v) is 3.62. The lowest BCUT2D eigenvalue weighted by molar-refractivity contribution is -0.120. The molecule has 0 radical (unpaired) electrons. The summed E-state index contributed by atoms with van der Waals surface area (Å²) in [6, 6.07) is 5.61. The molecule has 0 fully saturated rings. The van der Waals surface area contributed by atoms with Gasteiger partial charge in [0.2, 0.25) is 0 Å². The predicted octanol–water partition coefficient (Wildman–Crippen LogP) is 3.71. The van der Waals surface area contributed by atoms with Gasteiger partial charge in [0, 0.05) is 18.2 Å². The van der Waals surface area contributed by atoms with Gasteiger partial charge in [-0.1, -0.05) is 23.4 Å². The summed E-state index contributed by atoms with van der Waals surface area (Å²) in [6.45, 7) is 5.20. The monoisotopic (exact) mass is 300 g/mol. The first-order valence-corrected chi connectivity index (χ1v) is 7.60. The quantitative estimate of drug-likeness (QED) is 0.625. The Labute approximate surface area is 121 Å². The third kappa shape index (κ3) is 4.11. The van der Waals surface area contributed by atoms with Crippen molar-refractivity contribution in [2.24, 2.45) is 0 Å². The maximum atomic E-state index is 5.94. The Morgan fingerprint density at radius 1 is 1.32 bits per heavy atom. The van der Waals surface area contributed by atoms with E-state index in [9.17, 15) is 0 Å². The maximum Gasteiger partial charge on any atom is 0.166 e. The molecule has 0 bridgehead atoms. The number of thioether (sulfide) groups is 1. The van der Waals surface area contributed by atoms with Crippen LogP contribution in [-0.4, -0.2) is 35.2 Å². The van der Waals surface area contributed by atoms with Crippen molar-refractivity contribution in [3.63, 3.8) is 0 Å². The number of rotatable bonds is 7. The summed E-state index contributed by atoms with van der Waals surface area (Å²) >= 11 is 7.52. The number of H-pyrrole nitrogens is 1. The fourth-order valence-electron chi connectivity index (χ4n) is 1.69. The second-order valence-corrected chi connectivity index (χ2v) is 5.30. The Morgan fingerprint density at radius 3 is 2.74 bits per heavy atom. The number of aromatic amines is 1. The molecular formula is C13H17ClN2O2S. The van der Waals surface area contributed by atoms with Crippen LogP contribution in [0.1, 0.15) is 13.8 Å². The van der Waals surface area contributed by atoms with E-state index in [4.69, 9.17) is 21.1 Å². The van der Waals surface area contributed by atoms with Gasteiger partial charge in [-0.25, -0.2) is 4.98 Å². The van der Waals surface area contributed by atoms with E-state index in [2.05, 4.69) is 9.97 Å². The van der Waals surface area contributed by atoms with Gasteiger partial charge in [-0.05, 0) is 32.0 Å². The lowest BCUT2D eigenvalue weighted by Gasteiger charge is -2.15. The second-order valence-electron chi connectivity index (χ2n) is 3.85. The van der Waals surface area contributed by atoms with Crippen molar-refractivity contribution >= 4 is 34.4 Å². The Hall–Kier alpha value is -0.750. The van der Waals surface area contributed by atoms with E-state index in [0.29, 0.717) is 24.0 Å². The normalized spacial score (nSPS) is 11.6. The van der Waals surface area contributed by atoms with Gasteiger partial charge in [0.15, 0.2) is 11.4 Å². The molecule has 0 saturated carbocycles. The molecule has 19 heavy (non-hydrogen) atoms. The molecule has 1 aromatic heterocycles. The average Bonchev–Trinajstić information content (AvgIpc) is 2.78. The molecule has 1 heterocycles. The van der Waals surface area contributed by atoms with Crippen LogP contribution in [0, 0.1) is 0 Å². The molecule has 6 heteroatoms. The van der Waals surface area contributed by atoms with E-state index in [1.807, 2.05) is 32.0 Å². The number of nitrogens with zero attached hydrogens (tertiary/aromatic N) is 1. The van der Waals surface area contributed by atoms with E-state index in [0.717, 1.165) is 16.2 Å². The zero-order valence-corrected chi connectivity index (χ0v) is 12.6. The van der Waals surface area contributed by atoms with Gasteiger partial charge in [0.25, 0.3) is 0 Å². The van der Waals surface area contributed by atoms with Crippen molar-refractivity contribution in [3.8, 4) is 0 Å². The van der Waals surface area contributed by atoms with E-state index in [-0.39, 0.29) is 6.29 Å². The van der Waals surface area contributed by atoms with Gasteiger partial charge in [-0.2, -0.15) is 0 Å². The summed E-state index contributed by atoms with van der Waals surface area (Å²) in [6.07, 6.45) is -0.197. The number of aromatic nitrogens is 2. The number of hydrogen-bond acceptors (Lipinski definition) is 4. The maximum absolute atomic E-state index is 5.94. The minimum Gasteiger partial charge on any atom is -0.352 e. The van der Waals surface area contributed by atoms with Crippen molar-refractivity contribution in [1.82, 2.24) is 9.97 Å². The SMILES string of the molecule is CCOC(CSc1nc2ccc(Cl)cc2[nH]1)OCC. The minimum absolute atomic E-state index is 0.197. The molecule has 0 aliphatic heterocycles. The minimum atomic E-state index is -0.197. The Bertz CT molecular complexity index is 526. The van der Waals surface area contributed by atoms with Gasteiger partial charge in [-0.15, -0.1) is 0 Å². The molecule has 104 valence electrons. The lowest BCUT2D eigenvalue weighted by Crippen LogP contribution is -2.20. The van der Waals surface area contributed by atoms with Crippen molar-refractivity contribution in [2.45, 2.75) is 25.3 Å². The Kier molecular flexibility index (Phi) is 5.51. The number of imidazole rings is 1. The molecule has 2 aromatic rings. The number of hydrogen-bond donors (Lipinski definition) is 1. The highest BCUT2D eigenvalue weighted by molar-refractivity contribution is 7.99. The van der Waals surface area contributed by atoms with Crippen LogP contribution in [0.4, 0.5) is 0 Å². The molecule has 0 amide bonds. The Morgan fingerprint density at radius 2 is 2.05 bits per heavy atom. The molecule has 0 aliphatic carbocycles. The summed E-state index contributed by atoms with van der Waals surface area (Å²) in [5.74, 6) is 0.704. The number of benzene rings is 1. The molecule has 0 unspecified atom stereocenters. The van der Waals surface area contributed by atoms with Gasteiger partial charge >= 0.3 is 0 Å². The molecule has 2 rings (SSSR count). The summed E-state index contributed by atoms with van der Waals surface area (Å²) in [5, 5.41) is 1.55. The van der Waals surface area contributed by atoms with Crippen LogP contribution in [0.2, 0.25) is 5.02 Å². The number of fused-ring (bicyclic) bond motifs is 1. The summed E-state index contributed by atoms with van der Waals surface area (Å²) in [4.78, 5) is 7.72. The van der Waals surface area contributed by atoms with Crippen LogP contribution in [0.25, 0.3) is 11.0 Å². The lowest BCUT2D eigenvalue weighted by atomic mass is 10.3. The highest BCUT2D eigenvalue weighted by Gasteiger charge is 2.11. The summed E-state index contributed by atoms with van der Waals surface area (Å²) in [5.41, 5.74) is 1.86. The van der Waals surface area contributed by atoms with Crippen LogP contribution in [0.3, 0.4) is 0 Å². The van der Waals surface area contributed by atoms with Crippen LogP contribution in [0.5, 0.6) is 0 Å². The van der Waals surface area contributed by atoms with Gasteiger partial charge in [0.05, 0.1) is 16.8 Å². The number of ether oxygens (including phenoxy) is 2. The first-order chi connectivity index (χ1) is 9.22.